The van der Waals surface area contributed by atoms with Crippen LogP contribution in [0.2, 0.25) is 0 Å². The molecule has 21 heavy (non-hydrogen) atoms. The number of pyridine rings is 3. The van der Waals surface area contributed by atoms with Crippen LogP contribution in [0.25, 0.3) is 0 Å². The van der Waals surface area contributed by atoms with E-state index in [9.17, 15) is 0 Å². The van der Waals surface area contributed by atoms with Crippen molar-refractivity contribution in [3.8, 4) is 0 Å². The second kappa shape index (κ2) is 5.09. The average molecular weight is 273 g/mol. The molecule has 0 spiro atoms. The van der Waals surface area contributed by atoms with Crippen LogP contribution in [0.5, 0.6) is 0 Å². The fraction of sp³-hybridized carbons (Fsp3) is 0.167. The number of rotatable bonds is 3. The van der Waals surface area contributed by atoms with E-state index < -0.39 is 0 Å². The average Bonchev–Trinajstić information content (AvgIpc) is 3.33. The van der Waals surface area contributed by atoms with E-state index in [1.54, 1.807) is 0 Å². The maximum absolute atomic E-state index is 4.13. The zero-order chi connectivity index (χ0) is 14.1. The van der Waals surface area contributed by atoms with Gasteiger partial charge in [0.2, 0.25) is 0 Å². The molecular weight excluding hydrogens is 258 g/mol. The fourth-order valence-electron chi connectivity index (χ4n) is 3.31. The molecule has 1 fully saturated rings. The Kier molecular flexibility index (Phi) is 2.96. The van der Waals surface area contributed by atoms with E-state index in [4.69, 9.17) is 0 Å². The molecule has 0 N–H and O–H groups in total. The van der Waals surface area contributed by atoms with Gasteiger partial charge in [-0.15, -0.1) is 0 Å². The van der Waals surface area contributed by atoms with E-state index in [0.29, 0.717) is 17.8 Å². The Balaban J connectivity index is 1.74. The smallest absolute Gasteiger partial charge is 0.0270 e. The van der Waals surface area contributed by atoms with Crippen LogP contribution in [-0.4, -0.2) is 15.0 Å². The Hall–Kier alpha value is -2.55. The molecule has 0 radical (unpaired) electrons. The van der Waals surface area contributed by atoms with Crippen LogP contribution >= 0.6 is 0 Å². The van der Waals surface area contributed by atoms with Gasteiger partial charge in [-0.3, -0.25) is 15.0 Å². The fourth-order valence-corrected chi connectivity index (χ4v) is 3.31. The summed E-state index contributed by atoms with van der Waals surface area (Å²) in [4.78, 5) is 12.4. The van der Waals surface area contributed by atoms with E-state index in [1.807, 2.05) is 37.2 Å². The van der Waals surface area contributed by atoms with Crippen molar-refractivity contribution in [1.82, 2.24) is 15.0 Å². The highest BCUT2D eigenvalue weighted by atomic mass is 14.6. The summed E-state index contributed by atoms with van der Waals surface area (Å²) in [5, 5.41) is 0. The van der Waals surface area contributed by atoms with Gasteiger partial charge in [0.1, 0.15) is 0 Å². The summed E-state index contributed by atoms with van der Waals surface area (Å²) >= 11 is 0. The van der Waals surface area contributed by atoms with Crippen molar-refractivity contribution in [2.45, 2.75) is 17.8 Å². The molecule has 1 aliphatic carbocycles. The molecular formula is C18H15N3. The van der Waals surface area contributed by atoms with Crippen molar-refractivity contribution in [3.05, 3.63) is 90.3 Å². The quantitative estimate of drug-likeness (QED) is 0.732. The van der Waals surface area contributed by atoms with E-state index in [1.165, 1.54) is 16.7 Å². The van der Waals surface area contributed by atoms with Gasteiger partial charge in [0.05, 0.1) is 0 Å². The largest absolute Gasteiger partial charge is 0.265 e. The third-order valence-electron chi connectivity index (χ3n) is 4.29. The predicted octanol–water partition coefficient (Wildman–Crippen LogP) is 3.54. The Labute approximate surface area is 123 Å². The molecule has 3 aromatic rings. The first kappa shape index (κ1) is 12.2. The third kappa shape index (κ3) is 2.21. The lowest BCUT2D eigenvalue weighted by atomic mass is 10.1. The normalized spacial score (nSPS) is 23.7. The molecule has 3 heteroatoms. The topological polar surface area (TPSA) is 38.7 Å². The van der Waals surface area contributed by atoms with Crippen molar-refractivity contribution in [2.75, 3.05) is 0 Å². The summed E-state index contributed by atoms with van der Waals surface area (Å²) in [6.45, 7) is 0. The number of nitrogens with zero attached hydrogens (tertiary/aromatic N) is 3. The Morgan fingerprint density at radius 1 is 0.429 bits per heavy atom. The zero-order valence-electron chi connectivity index (χ0n) is 11.5. The van der Waals surface area contributed by atoms with E-state index in [2.05, 4.69) is 51.4 Å². The lowest BCUT2D eigenvalue weighted by Crippen LogP contribution is -1.84. The van der Waals surface area contributed by atoms with Gasteiger partial charge in [0.15, 0.2) is 0 Å². The molecule has 0 amide bonds. The molecule has 0 unspecified atom stereocenters. The molecule has 0 bridgehead atoms. The van der Waals surface area contributed by atoms with Crippen LogP contribution in [-0.2, 0) is 0 Å². The molecule has 3 nitrogen and oxygen atoms in total. The second-order valence-electron chi connectivity index (χ2n) is 5.42. The van der Waals surface area contributed by atoms with E-state index >= 15 is 0 Å². The summed E-state index contributed by atoms with van der Waals surface area (Å²) in [5.41, 5.74) is 4.07. The highest BCUT2D eigenvalue weighted by Gasteiger charge is 2.52. The lowest BCUT2D eigenvalue weighted by molar-refractivity contribution is 1.01. The number of hydrogen-bond acceptors (Lipinski definition) is 3. The number of aromatic nitrogens is 3. The molecule has 3 aromatic heterocycles. The van der Waals surface area contributed by atoms with Gasteiger partial charge < -0.3 is 0 Å². The summed E-state index contributed by atoms with van der Waals surface area (Å²) < 4.78 is 0. The summed E-state index contributed by atoms with van der Waals surface area (Å²) in [6.07, 6.45) is 11.3. The molecule has 102 valence electrons. The van der Waals surface area contributed by atoms with Crippen molar-refractivity contribution in [1.29, 1.82) is 0 Å². The Morgan fingerprint density at radius 3 is 0.905 bits per heavy atom. The molecule has 1 aliphatic rings. The van der Waals surface area contributed by atoms with Gasteiger partial charge in [-0.25, -0.2) is 0 Å². The highest BCUT2D eigenvalue weighted by Crippen LogP contribution is 2.65. The van der Waals surface area contributed by atoms with Crippen molar-refractivity contribution in [2.24, 2.45) is 0 Å². The van der Waals surface area contributed by atoms with Crippen LogP contribution in [0.1, 0.15) is 34.4 Å². The second-order valence-corrected chi connectivity index (χ2v) is 5.42. The van der Waals surface area contributed by atoms with Crippen LogP contribution < -0.4 is 0 Å². The monoisotopic (exact) mass is 273 g/mol. The first-order chi connectivity index (χ1) is 10.4. The zero-order valence-corrected chi connectivity index (χ0v) is 11.5. The highest BCUT2D eigenvalue weighted by molar-refractivity contribution is 5.46. The van der Waals surface area contributed by atoms with Crippen LogP contribution in [0.15, 0.2) is 73.6 Å². The van der Waals surface area contributed by atoms with Gasteiger partial charge in [0, 0.05) is 37.2 Å². The van der Waals surface area contributed by atoms with Crippen molar-refractivity contribution < 1.29 is 0 Å². The van der Waals surface area contributed by atoms with Gasteiger partial charge in [0.25, 0.3) is 0 Å². The Bertz CT molecular complexity index is 604. The molecule has 0 atom stereocenters. The first-order valence-corrected chi connectivity index (χ1v) is 7.15. The first-order valence-electron chi connectivity index (χ1n) is 7.15. The third-order valence-corrected chi connectivity index (χ3v) is 4.29. The predicted molar refractivity (Wildman–Crippen MR) is 80.9 cm³/mol. The van der Waals surface area contributed by atoms with Crippen molar-refractivity contribution >= 4 is 0 Å². The SMILES string of the molecule is c1cc(C2C(c3ccncc3)C2c2ccncc2)ccn1. The molecule has 1 saturated carbocycles. The molecule has 0 aromatic carbocycles. The van der Waals surface area contributed by atoms with Gasteiger partial charge in [-0.1, -0.05) is 0 Å². The minimum absolute atomic E-state index is 0.512. The van der Waals surface area contributed by atoms with Crippen LogP contribution in [0.3, 0.4) is 0 Å². The van der Waals surface area contributed by atoms with E-state index in [-0.39, 0.29) is 0 Å². The Morgan fingerprint density at radius 2 is 0.667 bits per heavy atom. The molecule has 4 rings (SSSR count). The lowest BCUT2D eigenvalue weighted by Gasteiger charge is -1.99. The van der Waals surface area contributed by atoms with Crippen molar-refractivity contribution in [3.63, 3.8) is 0 Å². The van der Waals surface area contributed by atoms with Gasteiger partial charge in [-0.2, -0.15) is 0 Å². The summed E-state index contributed by atoms with van der Waals surface area (Å²) in [6, 6.07) is 12.8. The minimum atomic E-state index is 0.512. The maximum Gasteiger partial charge on any atom is 0.0270 e. The van der Waals surface area contributed by atoms with Gasteiger partial charge in [-0.05, 0) is 70.8 Å². The van der Waals surface area contributed by atoms with E-state index in [0.717, 1.165) is 0 Å². The van der Waals surface area contributed by atoms with Crippen LogP contribution in [0, 0.1) is 0 Å². The van der Waals surface area contributed by atoms with Gasteiger partial charge >= 0.3 is 0 Å². The molecule has 3 heterocycles. The summed E-state index contributed by atoms with van der Waals surface area (Å²) in [7, 11) is 0. The summed E-state index contributed by atoms with van der Waals surface area (Å²) in [5.74, 6) is 1.54. The van der Waals surface area contributed by atoms with Crippen LogP contribution in [0.4, 0.5) is 0 Å². The molecule has 0 aliphatic heterocycles. The molecule has 0 saturated heterocycles. The minimum Gasteiger partial charge on any atom is -0.265 e. The maximum atomic E-state index is 4.13. The number of hydrogen-bond donors (Lipinski definition) is 0. The standard InChI is InChI=1S/C18H15N3/c1-7-19-8-2-13(1)16-17(14-3-9-20-10-4-14)18(16)15-5-11-21-12-6-15/h1-12,16-18H.